The van der Waals surface area contributed by atoms with Gasteiger partial charge < -0.3 is 15.0 Å². The SMILES string of the molecule is COc1ccc(N2C[C@H](NC(C)=O)CC2=O)cc1. The average Bonchev–Trinajstić information content (AvgIpc) is 2.69. The maximum atomic E-state index is 11.9. The second-order valence-electron chi connectivity index (χ2n) is 4.30. The summed E-state index contributed by atoms with van der Waals surface area (Å²) in [5, 5.41) is 2.77. The number of carbonyl (C=O) groups excluding carboxylic acids is 2. The van der Waals surface area contributed by atoms with E-state index in [0.29, 0.717) is 13.0 Å². The highest BCUT2D eigenvalue weighted by Crippen LogP contribution is 2.23. The first-order chi connectivity index (χ1) is 8.60. The van der Waals surface area contributed by atoms with Crippen LogP contribution in [-0.2, 0) is 9.59 Å². The van der Waals surface area contributed by atoms with E-state index in [1.807, 2.05) is 24.3 Å². The molecule has 0 spiro atoms. The number of anilines is 1. The molecule has 1 saturated heterocycles. The van der Waals surface area contributed by atoms with E-state index in [4.69, 9.17) is 4.74 Å². The Morgan fingerprint density at radius 2 is 2.06 bits per heavy atom. The lowest BCUT2D eigenvalue weighted by molar-refractivity contribution is -0.119. The minimum absolute atomic E-state index is 0.0268. The van der Waals surface area contributed by atoms with Crippen molar-refractivity contribution in [3.05, 3.63) is 24.3 Å². The molecule has 1 atom stereocenters. The summed E-state index contributed by atoms with van der Waals surface area (Å²) >= 11 is 0. The summed E-state index contributed by atoms with van der Waals surface area (Å²) in [5.41, 5.74) is 0.827. The molecule has 2 rings (SSSR count). The first-order valence-corrected chi connectivity index (χ1v) is 5.81. The van der Waals surface area contributed by atoms with E-state index in [1.165, 1.54) is 6.92 Å². The second kappa shape index (κ2) is 5.08. The average molecular weight is 248 g/mol. The van der Waals surface area contributed by atoms with Crippen LogP contribution < -0.4 is 15.0 Å². The molecule has 0 radical (unpaired) electrons. The van der Waals surface area contributed by atoms with Crippen LogP contribution in [0.25, 0.3) is 0 Å². The molecule has 0 bridgehead atoms. The number of benzene rings is 1. The summed E-state index contributed by atoms with van der Waals surface area (Å²) < 4.78 is 5.07. The Bertz CT molecular complexity index is 456. The number of hydrogen-bond donors (Lipinski definition) is 1. The number of methoxy groups -OCH3 is 1. The second-order valence-corrected chi connectivity index (χ2v) is 4.30. The number of ether oxygens (including phenoxy) is 1. The van der Waals surface area contributed by atoms with Crippen molar-refractivity contribution >= 4 is 17.5 Å². The van der Waals surface area contributed by atoms with Crippen molar-refractivity contribution in [2.24, 2.45) is 0 Å². The third-order valence-electron chi connectivity index (χ3n) is 2.92. The van der Waals surface area contributed by atoms with Gasteiger partial charge in [-0.15, -0.1) is 0 Å². The lowest BCUT2D eigenvalue weighted by Crippen LogP contribution is -2.35. The van der Waals surface area contributed by atoms with Crippen molar-refractivity contribution in [2.45, 2.75) is 19.4 Å². The van der Waals surface area contributed by atoms with E-state index in [1.54, 1.807) is 12.0 Å². The third-order valence-corrected chi connectivity index (χ3v) is 2.92. The summed E-state index contributed by atoms with van der Waals surface area (Å²) in [6, 6.07) is 7.21. The number of rotatable bonds is 3. The van der Waals surface area contributed by atoms with Crippen LogP contribution in [0, 0.1) is 0 Å². The summed E-state index contributed by atoms with van der Waals surface area (Å²) in [4.78, 5) is 24.5. The molecule has 1 aromatic carbocycles. The van der Waals surface area contributed by atoms with Crippen LogP contribution in [-0.4, -0.2) is 31.5 Å². The molecule has 18 heavy (non-hydrogen) atoms. The van der Waals surface area contributed by atoms with Crippen molar-refractivity contribution in [1.82, 2.24) is 5.32 Å². The van der Waals surface area contributed by atoms with Gasteiger partial charge in [0, 0.05) is 25.6 Å². The lowest BCUT2D eigenvalue weighted by atomic mass is 10.2. The first kappa shape index (κ1) is 12.4. The minimum atomic E-state index is -0.107. The van der Waals surface area contributed by atoms with Gasteiger partial charge in [0.05, 0.1) is 13.2 Å². The summed E-state index contributed by atoms with van der Waals surface area (Å²) in [7, 11) is 1.60. The van der Waals surface area contributed by atoms with E-state index in [-0.39, 0.29) is 17.9 Å². The Morgan fingerprint density at radius 1 is 1.39 bits per heavy atom. The molecule has 0 aliphatic carbocycles. The zero-order valence-corrected chi connectivity index (χ0v) is 10.5. The van der Waals surface area contributed by atoms with Gasteiger partial charge in [0.2, 0.25) is 11.8 Å². The predicted molar refractivity (Wildman–Crippen MR) is 67.6 cm³/mol. The Balaban J connectivity index is 2.08. The maximum absolute atomic E-state index is 11.9. The van der Waals surface area contributed by atoms with Crippen LogP contribution in [0.5, 0.6) is 5.75 Å². The quantitative estimate of drug-likeness (QED) is 0.866. The summed E-state index contributed by atoms with van der Waals surface area (Å²) in [6.45, 7) is 1.98. The number of nitrogens with one attached hydrogen (secondary N) is 1. The lowest BCUT2D eigenvalue weighted by Gasteiger charge is -2.17. The fourth-order valence-electron chi connectivity index (χ4n) is 2.10. The standard InChI is InChI=1S/C13H16N2O3/c1-9(16)14-10-7-13(17)15(8-10)11-3-5-12(18-2)6-4-11/h3-6,10H,7-8H2,1-2H3,(H,14,16)/t10-/m1/s1. The first-order valence-electron chi connectivity index (χ1n) is 5.81. The molecule has 2 amide bonds. The topological polar surface area (TPSA) is 58.6 Å². The molecular weight excluding hydrogens is 232 g/mol. The summed E-state index contributed by atoms with van der Waals surface area (Å²) in [5.74, 6) is 0.673. The molecule has 5 nitrogen and oxygen atoms in total. The molecule has 0 unspecified atom stereocenters. The Hall–Kier alpha value is -2.04. The van der Waals surface area contributed by atoms with Crippen LogP contribution in [0.2, 0.25) is 0 Å². The van der Waals surface area contributed by atoms with Crippen molar-refractivity contribution in [2.75, 3.05) is 18.6 Å². The van der Waals surface area contributed by atoms with Crippen LogP contribution in [0.4, 0.5) is 5.69 Å². The van der Waals surface area contributed by atoms with Gasteiger partial charge in [-0.2, -0.15) is 0 Å². The Labute approximate surface area is 106 Å². The third kappa shape index (κ3) is 2.61. The van der Waals surface area contributed by atoms with Crippen LogP contribution in [0.3, 0.4) is 0 Å². The van der Waals surface area contributed by atoms with E-state index >= 15 is 0 Å². The minimum Gasteiger partial charge on any atom is -0.497 e. The molecule has 96 valence electrons. The highest BCUT2D eigenvalue weighted by atomic mass is 16.5. The molecule has 1 fully saturated rings. The molecule has 1 N–H and O–H groups in total. The van der Waals surface area contributed by atoms with Crippen LogP contribution in [0.1, 0.15) is 13.3 Å². The largest absolute Gasteiger partial charge is 0.497 e. The Kier molecular flexibility index (Phi) is 3.50. The zero-order valence-electron chi connectivity index (χ0n) is 10.5. The molecular formula is C13H16N2O3. The molecule has 5 heteroatoms. The number of nitrogens with zero attached hydrogens (tertiary/aromatic N) is 1. The molecule has 1 aromatic rings. The Morgan fingerprint density at radius 3 is 2.61 bits per heavy atom. The molecule has 1 aliphatic heterocycles. The number of carbonyl (C=O) groups is 2. The predicted octanol–water partition coefficient (Wildman–Crippen LogP) is 0.937. The fourth-order valence-corrected chi connectivity index (χ4v) is 2.10. The smallest absolute Gasteiger partial charge is 0.229 e. The van der Waals surface area contributed by atoms with E-state index in [0.717, 1.165) is 11.4 Å². The van der Waals surface area contributed by atoms with Gasteiger partial charge in [0.1, 0.15) is 5.75 Å². The van der Waals surface area contributed by atoms with Gasteiger partial charge in [-0.05, 0) is 24.3 Å². The van der Waals surface area contributed by atoms with Crippen LogP contribution in [0.15, 0.2) is 24.3 Å². The highest BCUT2D eigenvalue weighted by Gasteiger charge is 2.30. The molecule has 1 aliphatic rings. The normalized spacial score (nSPS) is 18.9. The van der Waals surface area contributed by atoms with Gasteiger partial charge in [-0.3, -0.25) is 9.59 Å². The molecule has 0 saturated carbocycles. The van der Waals surface area contributed by atoms with Crippen molar-refractivity contribution in [3.8, 4) is 5.75 Å². The van der Waals surface area contributed by atoms with Crippen molar-refractivity contribution in [3.63, 3.8) is 0 Å². The van der Waals surface area contributed by atoms with E-state index in [2.05, 4.69) is 5.32 Å². The van der Waals surface area contributed by atoms with E-state index < -0.39 is 0 Å². The maximum Gasteiger partial charge on any atom is 0.229 e. The van der Waals surface area contributed by atoms with E-state index in [9.17, 15) is 9.59 Å². The van der Waals surface area contributed by atoms with Crippen LogP contribution >= 0.6 is 0 Å². The van der Waals surface area contributed by atoms with Gasteiger partial charge in [0.15, 0.2) is 0 Å². The number of amides is 2. The monoisotopic (exact) mass is 248 g/mol. The highest BCUT2D eigenvalue weighted by molar-refractivity contribution is 5.96. The fraction of sp³-hybridized carbons (Fsp3) is 0.385. The van der Waals surface area contributed by atoms with Gasteiger partial charge in [-0.1, -0.05) is 0 Å². The summed E-state index contributed by atoms with van der Waals surface area (Å²) in [6.07, 6.45) is 0.353. The van der Waals surface area contributed by atoms with Gasteiger partial charge >= 0.3 is 0 Å². The van der Waals surface area contributed by atoms with Crippen molar-refractivity contribution < 1.29 is 14.3 Å². The van der Waals surface area contributed by atoms with Gasteiger partial charge in [0.25, 0.3) is 0 Å². The molecule has 0 aromatic heterocycles. The number of hydrogen-bond acceptors (Lipinski definition) is 3. The molecule has 1 heterocycles. The zero-order chi connectivity index (χ0) is 13.1. The van der Waals surface area contributed by atoms with Crippen molar-refractivity contribution in [1.29, 1.82) is 0 Å². The van der Waals surface area contributed by atoms with Gasteiger partial charge in [-0.25, -0.2) is 0 Å².